The highest BCUT2D eigenvalue weighted by molar-refractivity contribution is 7.89. The average molecular weight is 400 g/mol. The van der Waals surface area contributed by atoms with Crippen LogP contribution in [0.3, 0.4) is 0 Å². The molecule has 2 rings (SSSR count). The molecule has 152 valence electrons. The molecule has 1 amide bonds. The first-order valence-corrected chi connectivity index (χ1v) is 10.4. The van der Waals surface area contributed by atoms with Gasteiger partial charge in [0.25, 0.3) is 0 Å². The van der Waals surface area contributed by atoms with Crippen molar-refractivity contribution in [3.63, 3.8) is 0 Å². The maximum atomic E-state index is 13.2. The molecule has 0 saturated carbocycles. The number of piperazine rings is 1. The molecule has 0 bridgehead atoms. The summed E-state index contributed by atoms with van der Waals surface area (Å²) in [6.45, 7) is 6.55. The quantitative estimate of drug-likeness (QED) is 0.695. The Morgan fingerprint density at radius 3 is 2.37 bits per heavy atom. The van der Waals surface area contributed by atoms with Crippen LogP contribution in [0, 0.1) is 5.92 Å². The molecule has 27 heavy (non-hydrogen) atoms. The van der Waals surface area contributed by atoms with Crippen molar-refractivity contribution in [1.82, 2.24) is 14.5 Å². The van der Waals surface area contributed by atoms with E-state index in [1.165, 1.54) is 30.7 Å². The summed E-state index contributed by atoms with van der Waals surface area (Å²) < 4.78 is 38.0. The normalized spacial score (nSPS) is 15.3. The number of rotatable bonds is 8. The molecule has 0 radical (unpaired) electrons. The first-order valence-electron chi connectivity index (χ1n) is 9.00. The lowest BCUT2D eigenvalue weighted by Crippen LogP contribution is -2.50. The summed E-state index contributed by atoms with van der Waals surface area (Å²) in [5.41, 5.74) is 0. The number of sulfonamides is 1. The van der Waals surface area contributed by atoms with Crippen molar-refractivity contribution in [2.24, 2.45) is 5.92 Å². The van der Waals surface area contributed by atoms with E-state index in [4.69, 9.17) is 9.47 Å². The molecule has 1 aromatic carbocycles. The van der Waals surface area contributed by atoms with Crippen LogP contribution in [0.5, 0.6) is 11.5 Å². The van der Waals surface area contributed by atoms with Crippen molar-refractivity contribution in [2.45, 2.75) is 18.7 Å². The van der Waals surface area contributed by atoms with E-state index in [1.54, 1.807) is 11.0 Å². The zero-order valence-corrected chi connectivity index (χ0v) is 17.2. The number of nitrogens with one attached hydrogen (secondary N) is 1. The van der Waals surface area contributed by atoms with Gasteiger partial charge in [0, 0.05) is 38.8 Å². The summed E-state index contributed by atoms with van der Waals surface area (Å²) in [7, 11) is -0.911. The second kappa shape index (κ2) is 9.38. The number of carbonyl (C=O) groups excluding carboxylic acids is 1. The van der Waals surface area contributed by atoms with Gasteiger partial charge in [0.05, 0.1) is 25.7 Å². The first kappa shape index (κ1) is 21.5. The molecule has 0 aromatic heterocycles. The summed E-state index contributed by atoms with van der Waals surface area (Å²) in [6.07, 6.45) is 0. The fourth-order valence-electron chi connectivity index (χ4n) is 2.95. The van der Waals surface area contributed by atoms with Crippen LogP contribution in [-0.4, -0.2) is 77.0 Å². The first-order chi connectivity index (χ1) is 12.8. The van der Waals surface area contributed by atoms with Gasteiger partial charge in [-0.15, -0.1) is 0 Å². The highest BCUT2D eigenvalue weighted by atomic mass is 32.2. The lowest BCUT2D eigenvalue weighted by Gasteiger charge is -2.30. The molecule has 1 aliphatic rings. The fourth-order valence-corrected chi connectivity index (χ4v) is 4.52. The van der Waals surface area contributed by atoms with Crippen LogP contribution in [0.2, 0.25) is 0 Å². The number of benzene rings is 1. The minimum Gasteiger partial charge on any atom is -0.493 e. The van der Waals surface area contributed by atoms with Gasteiger partial charge in [-0.25, -0.2) is 8.42 Å². The molecule has 1 heterocycles. The second-order valence-electron chi connectivity index (χ2n) is 6.84. The summed E-state index contributed by atoms with van der Waals surface area (Å²) >= 11 is 0. The Balaban J connectivity index is 2.29. The SMILES string of the molecule is COc1ccc(S(=O)(=O)N(CC(=O)N2CCNCC2)CC(C)C)cc1OC. The van der Waals surface area contributed by atoms with Crippen LogP contribution in [0.25, 0.3) is 0 Å². The third kappa shape index (κ3) is 5.33. The van der Waals surface area contributed by atoms with Crippen LogP contribution in [0.15, 0.2) is 23.1 Å². The van der Waals surface area contributed by atoms with Gasteiger partial charge >= 0.3 is 0 Å². The van der Waals surface area contributed by atoms with Gasteiger partial charge in [-0.2, -0.15) is 4.31 Å². The molecule has 1 aromatic rings. The molecule has 1 aliphatic heterocycles. The summed E-state index contributed by atoms with van der Waals surface area (Å²) in [5.74, 6) is 0.678. The topological polar surface area (TPSA) is 88.2 Å². The molecule has 8 nitrogen and oxygen atoms in total. The van der Waals surface area contributed by atoms with E-state index in [1.807, 2.05) is 13.8 Å². The molecule has 1 saturated heterocycles. The van der Waals surface area contributed by atoms with Gasteiger partial charge in [0.1, 0.15) is 0 Å². The predicted octanol–water partition coefficient (Wildman–Crippen LogP) is 0.782. The van der Waals surface area contributed by atoms with Gasteiger partial charge in [-0.05, 0) is 18.1 Å². The maximum absolute atomic E-state index is 13.2. The Kier molecular flexibility index (Phi) is 7.46. The van der Waals surface area contributed by atoms with Crippen LogP contribution in [0.4, 0.5) is 0 Å². The molecule has 0 spiro atoms. The van der Waals surface area contributed by atoms with Crippen LogP contribution in [-0.2, 0) is 14.8 Å². The van der Waals surface area contributed by atoms with E-state index in [2.05, 4.69) is 5.32 Å². The van der Waals surface area contributed by atoms with Crippen LogP contribution in [0.1, 0.15) is 13.8 Å². The third-order valence-corrected chi connectivity index (χ3v) is 6.15. The van der Waals surface area contributed by atoms with Crippen molar-refractivity contribution < 1.29 is 22.7 Å². The monoisotopic (exact) mass is 399 g/mol. The minimum absolute atomic E-state index is 0.0777. The fraction of sp³-hybridized carbons (Fsp3) is 0.611. The highest BCUT2D eigenvalue weighted by Crippen LogP contribution is 2.30. The molecule has 0 unspecified atom stereocenters. The Morgan fingerprint density at radius 1 is 1.19 bits per heavy atom. The molecule has 9 heteroatoms. The Hall–Kier alpha value is -1.84. The average Bonchev–Trinajstić information content (AvgIpc) is 2.67. The van der Waals surface area contributed by atoms with Gasteiger partial charge < -0.3 is 19.7 Å². The van der Waals surface area contributed by atoms with E-state index in [0.29, 0.717) is 24.6 Å². The lowest BCUT2D eigenvalue weighted by molar-refractivity contribution is -0.132. The summed E-state index contributed by atoms with van der Waals surface area (Å²) in [6, 6.07) is 4.45. The van der Waals surface area contributed by atoms with Crippen LogP contribution >= 0.6 is 0 Å². The molecular weight excluding hydrogens is 370 g/mol. The van der Waals surface area contributed by atoms with Crippen molar-refractivity contribution >= 4 is 15.9 Å². The Morgan fingerprint density at radius 2 is 1.81 bits per heavy atom. The van der Waals surface area contributed by atoms with E-state index >= 15 is 0 Å². The number of hydrogen-bond acceptors (Lipinski definition) is 6. The summed E-state index contributed by atoms with van der Waals surface area (Å²) in [4.78, 5) is 14.4. The third-order valence-electron chi connectivity index (χ3n) is 4.34. The van der Waals surface area contributed by atoms with Crippen molar-refractivity contribution in [2.75, 3.05) is 53.5 Å². The zero-order chi connectivity index (χ0) is 20.0. The number of nitrogens with zero attached hydrogens (tertiary/aromatic N) is 2. The minimum atomic E-state index is -3.85. The lowest BCUT2D eigenvalue weighted by atomic mass is 10.2. The zero-order valence-electron chi connectivity index (χ0n) is 16.4. The number of amides is 1. The van der Waals surface area contributed by atoms with Crippen molar-refractivity contribution in [3.05, 3.63) is 18.2 Å². The predicted molar refractivity (Wildman–Crippen MR) is 103 cm³/mol. The molecule has 1 N–H and O–H groups in total. The van der Waals surface area contributed by atoms with E-state index in [-0.39, 0.29) is 29.8 Å². The van der Waals surface area contributed by atoms with Gasteiger partial charge in [0.2, 0.25) is 15.9 Å². The number of hydrogen-bond donors (Lipinski definition) is 1. The highest BCUT2D eigenvalue weighted by Gasteiger charge is 2.30. The number of methoxy groups -OCH3 is 2. The molecule has 0 atom stereocenters. The molecule has 1 fully saturated rings. The van der Waals surface area contributed by atoms with Crippen molar-refractivity contribution in [1.29, 1.82) is 0 Å². The summed E-state index contributed by atoms with van der Waals surface area (Å²) in [5, 5.41) is 3.18. The smallest absolute Gasteiger partial charge is 0.243 e. The standard InChI is InChI=1S/C18H29N3O5S/c1-14(2)12-21(13-18(22)20-9-7-19-8-10-20)27(23,24)15-5-6-16(25-3)17(11-15)26-4/h5-6,11,14,19H,7-10,12-13H2,1-4H3. The Bertz CT molecular complexity index is 745. The maximum Gasteiger partial charge on any atom is 0.243 e. The van der Waals surface area contributed by atoms with Crippen molar-refractivity contribution in [3.8, 4) is 11.5 Å². The van der Waals surface area contributed by atoms with Crippen LogP contribution < -0.4 is 14.8 Å². The largest absolute Gasteiger partial charge is 0.493 e. The molecule has 0 aliphatic carbocycles. The Labute approximate surface area is 161 Å². The van der Waals surface area contributed by atoms with Gasteiger partial charge in [-0.1, -0.05) is 13.8 Å². The van der Waals surface area contributed by atoms with E-state index in [0.717, 1.165) is 13.1 Å². The second-order valence-corrected chi connectivity index (χ2v) is 8.78. The number of ether oxygens (including phenoxy) is 2. The number of carbonyl (C=O) groups is 1. The van der Waals surface area contributed by atoms with Gasteiger partial charge in [0.15, 0.2) is 11.5 Å². The van der Waals surface area contributed by atoms with E-state index in [9.17, 15) is 13.2 Å². The molecular formula is C18H29N3O5S. The van der Waals surface area contributed by atoms with E-state index < -0.39 is 10.0 Å². The van der Waals surface area contributed by atoms with Gasteiger partial charge in [-0.3, -0.25) is 4.79 Å².